The van der Waals surface area contributed by atoms with Crippen LogP contribution in [0.2, 0.25) is 20.1 Å². The van der Waals surface area contributed by atoms with Crippen LogP contribution in [-0.4, -0.2) is 0 Å². The number of hydrogen-bond donors (Lipinski definition) is 0. The van der Waals surface area contributed by atoms with Gasteiger partial charge >= 0.3 is 0 Å². The van der Waals surface area contributed by atoms with Crippen LogP contribution in [0.4, 0.5) is 0 Å². The molecule has 2 aromatic rings. The Hall–Kier alpha value is -0.400. The summed E-state index contributed by atoms with van der Waals surface area (Å²) in [5.41, 5.74) is 2.27. The second-order valence-corrected chi connectivity index (χ2v) is 7.26. The zero-order chi connectivity index (χ0) is 16.1. The highest BCUT2D eigenvalue weighted by Gasteiger charge is 2.09. The van der Waals surface area contributed by atoms with Crippen LogP contribution in [0.3, 0.4) is 0 Å². The van der Waals surface area contributed by atoms with Crippen molar-refractivity contribution in [3.63, 3.8) is 0 Å². The van der Waals surface area contributed by atoms with E-state index in [0.29, 0.717) is 16.0 Å². The Kier molecular flexibility index (Phi) is 8.79. The van der Waals surface area contributed by atoms with E-state index in [1.54, 1.807) is 0 Å². The van der Waals surface area contributed by atoms with Crippen LogP contribution in [-0.2, 0) is 12.8 Å². The molecule has 0 amide bonds. The van der Waals surface area contributed by atoms with Crippen molar-refractivity contribution < 1.29 is 0 Å². The molecule has 0 spiro atoms. The first-order valence-electron chi connectivity index (χ1n) is 7.34. The molecule has 0 heterocycles. The maximum atomic E-state index is 6.21. The van der Waals surface area contributed by atoms with Crippen molar-refractivity contribution >= 4 is 46.4 Å². The van der Waals surface area contributed by atoms with E-state index in [9.17, 15) is 0 Å². The molecule has 126 valence electrons. The highest BCUT2D eigenvalue weighted by molar-refractivity contribution is 6.42. The average Bonchev–Trinajstić information content (AvgIpc) is 2.48. The molecule has 0 saturated heterocycles. The Morgan fingerprint density at radius 1 is 0.783 bits per heavy atom. The molecule has 2 rings (SSSR count). The summed E-state index contributed by atoms with van der Waals surface area (Å²) < 4.78 is 0. The van der Waals surface area contributed by atoms with E-state index in [0.717, 1.165) is 41.3 Å². The smallest absolute Gasteiger partial charge is 0.0595 e. The van der Waals surface area contributed by atoms with Crippen molar-refractivity contribution in [3.05, 3.63) is 67.6 Å². The predicted octanol–water partition coefficient (Wildman–Crippen LogP) is 8.14. The molecule has 23 heavy (non-hydrogen) atoms. The minimum absolute atomic E-state index is 0. The van der Waals surface area contributed by atoms with Crippen molar-refractivity contribution in [1.82, 2.24) is 0 Å². The minimum atomic E-state index is 0. The van der Waals surface area contributed by atoms with Crippen molar-refractivity contribution in [3.8, 4) is 0 Å². The van der Waals surface area contributed by atoms with E-state index in [4.69, 9.17) is 46.4 Å². The summed E-state index contributed by atoms with van der Waals surface area (Å²) in [6, 6.07) is 11.5. The Morgan fingerprint density at radius 2 is 1.39 bits per heavy atom. The Bertz CT molecular complexity index is 617. The van der Waals surface area contributed by atoms with Crippen LogP contribution in [0.15, 0.2) is 36.4 Å². The largest absolute Gasteiger partial charge is 0.0840 e. The number of rotatable bonds is 6. The van der Waals surface area contributed by atoms with Gasteiger partial charge in [0.2, 0.25) is 0 Å². The predicted molar refractivity (Wildman–Crippen MR) is 105 cm³/mol. The lowest BCUT2D eigenvalue weighted by Gasteiger charge is -2.13. The minimum Gasteiger partial charge on any atom is -0.0840 e. The van der Waals surface area contributed by atoms with Gasteiger partial charge in [0.05, 0.1) is 10.0 Å². The highest BCUT2D eigenvalue weighted by atomic mass is 35.5. The number of halogens is 4. The van der Waals surface area contributed by atoms with Crippen LogP contribution < -0.4 is 0 Å². The van der Waals surface area contributed by atoms with Gasteiger partial charge in [-0.1, -0.05) is 72.9 Å². The first-order valence-corrected chi connectivity index (χ1v) is 8.85. The maximum absolute atomic E-state index is 6.21. The van der Waals surface area contributed by atoms with Gasteiger partial charge in [-0.05, 0) is 67.0 Å². The third-order valence-electron chi connectivity index (χ3n) is 3.86. The summed E-state index contributed by atoms with van der Waals surface area (Å²) in [7, 11) is 0. The molecule has 0 saturated carbocycles. The van der Waals surface area contributed by atoms with Gasteiger partial charge in [0.1, 0.15) is 0 Å². The Morgan fingerprint density at radius 3 is 2.00 bits per heavy atom. The second-order valence-electron chi connectivity index (χ2n) is 5.63. The molecule has 2 aromatic carbocycles. The molecule has 0 aliphatic heterocycles. The lowest BCUT2D eigenvalue weighted by molar-refractivity contribution is 0.493. The van der Waals surface area contributed by atoms with Gasteiger partial charge in [-0.15, -0.1) is 0 Å². The van der Waals surface area contributed by atoms with Gasteiger partial charge in [0.25, 0.3) is 0 Å². The summed E-state index contributed by atoms with van der Waals surface area (Å²) >= 11 is 24.4. The normalized spacial score (nSPS) is 11.9. The molecule has 0 radical (unpaired) electrons. The number of hydrogen-bond acceptors (Lipinski definition) is 0. The average molecular weight is 392 g/mol. The van der Waals surface area contributed by atoms with E-state index in [1.165, 1.54) is 5.56 Å². The summed E-state index contributed by atoms with van der Waals surface area (Å²) in [6.45, 7) is 2.25. The molecule has 0 N–H and O–H groups in total. The Labute approximate surface area is 159 Å². The third-order valence-corrected chi connectivity index (χ3v) is 5.31. The maximum Gasteiger partial charge on any atom is 0.0595 e. The molecule has 1 unspecified atom stereocenters. The van der Waals surface area contributed by atoms with E-state index in [-0.39, 0.29) is 7.43 Å². The molecule has 0 fully saturated rings. The molecule has 4 heteroatoms. The van der Waals surface area contributed by atoms with Crippen LogP contribution in [0.1, 0.15) is 38.3 Å². The van der Waals surface area contributed by atoms with E-state index in [2.05, 4.69) is 6.92 Å². The second kappa shape index (κ2) is 9.79. The molecule has 0 aliphatic carbocycles. The molecular formula is C19H22Cl4. The van der Waals surface area contributed by atoms with Crippen LogP contribution in [0.5, 0.6) is 0 Å². The summed E-state index contributed by atoms with van der Waals surface area (Å²) in [5, 5.41) is 2.73. The summed E-state index contributed by atoms with van der Waals surface area (Å²) in [4.78, 5) is 0. The Balaban J connectivity index is 0.00000264. The lowest BCUT2D eigenvalue weighted by atomic mass is 9.95. The van der Waals surface area contributed by atoms with Crippen molar-refractivity contribution in [2.45, 2.75) is 40.0 Å². The van der Waals surface area contributed by atoms with Gasteiger partial charge < -0.3 is 0 Å². The zero-order valence-electron chi connectivity index (χ0n) is 12.4. The van der Waals surface area contributed by atoms with Crippen molar-refractivity contribution in [2.24, 2.45) is 5.92 Å². The molecule has 0 bridgehead atoms. The first-order chi connectivity index (χ1) is 10.5. The van der Waals surface area contributed by atoms with Gasteiger partial charge in [-0.2, -0.15) is 0 Å². The standard InChI is InChI=1S/C18H18Cl4.CH4/c1-12(5-7-13-8-10-17(21)18(22)11-13)6-9-14-15(19)3-2-4-16(14)20;/h2-4,8,10-12H,5-7,9H2,1H3;1H4. The summed E-state index contributed by atoms with van der Waals surface area (Å²) in [6.07, 6.45) is 4.06. The van der Waals surface area contributed by atoms with Gasteiger partial charge in [0, 0.05) is 10.0 Å². The SMILES string of the molecule is C.CC(CCc1ccc(Cl)c(Cl)c1)CCc1c(Cl)cccc1Cl. The molecular weight excluding hydrogens is 370 g/mol. The van der Waals surface area contributed by atoms with Gasteiger partial charge in [0.15, 0.2) is 0 Å². The summed E-state index contributed by atoms with van der Waals surface area (Å²) in [5.74, 6) is 0.585. The lowest BCUT2D eigenvalue weighted by Crippen LogP contribution is -2.01. The fourth-order valence-electron chi connectivity index (χ4n) is 2.41. The van der Waals surface area contributed by atoms with Crippen LogP contribution in [0, 0.1) is 5.92 Å². The van der Waals surface area contributed by atoms with Gasteiger partial charge in [-0.3, -0.25) is 0 Å². The van der Waals surface area contributed by atoms with Crippen LogP contribution in [0.25, 0.3) is 0 Å². The van der Waals surface area contributed by atoms with Gasteiger partial charge in [-0.25, -0.2) is 0 Å². The monoisotopic (exact) mass is 390 g/mol. The van der Waals surface area contributed by atoms with E-state index < -0.39 is 0 Å². The van der Waals surface area contributed by atoms with Crippen molar-refractivity contribution in [2.75, 3.05) is 0 Å². The number of benzene rings is 2. The highest BCUT2D eigenvalue weighted by Crippen LogP contribution is 2.28. The van der Waals surface area contributed by atoms with Crippen LogP contribution >= 0.6 is 46.4 Å². The fourth-order valence-corrected chi connectivity index (χ4v) is 3.32. The molecule has 0 aromatic heterocycles. The van der Waals surface area contributed by atoms with E-state index in [1.807, 2.05) is 36.4 Å². The molecule has 0 nitrogen and oxygen atoms in total. The van der Waals surface area contributed by atoms with E-state index >= 15 is 0 Å². The molecule has 0 aliphatic rings. The number of aryl methyl sites for hydroxylation is 1. The third kappa shape index (κ3) is 6.19. The fraction of sp³-hybridized carbons (Fsp3) is 0.368. The zero-order valence-corrected chi connectivity index (χ0v) is 15.4. The topological polar surface area (TPSA) is 0 Å². The first kappa shape index (κ1) is 20.6. The molecule has 1 atom stereocenters. The quantitative estimate of drug-likeness (QED) is 0.466. The van der Waals surface area contributed by atoms with Crippen molar-refractivity contribution in [1.29, 1.82) is 0 Å².